The highest BCUT2D eigenvalue weighted by atomic mass is 28.4. The van der Waals surface area contributed by atoms with Crippen LogP contribution in [0.2, 0.25) is 10.1 Å². The Bertz CT molecular complexity index is 397. The fourth-order valence-corrected chi connectivity index (χ4v) is 9.18. The van der Waals surface area contributed by atoms with Crippen LogP contribution < -0.4 is 0 Å². The van der Waals surface area contributed by atoms with Crippen molar-refractivity contribution >= 4 is 8.56 Å². The van der Waals surface area contributed by atoms with E-state index < -0.39 is 20.8 Å². The van der Waals surface area contributed by atoms with Gasteiger partial charge < -0.3 is 19.1 Å². The highest BCUT2D eigenvalue weighted by Gasteiger charge is 2.61. The molecule has 0 unspecified atom stereocenters. The van der Waals surface area contributed by atoms with Gasteiger partial charge in [0, 0.05) is 16.2 Å². The first-order valence-corrected chi connectivity index (χ1v) is 11.8. The Morgan fingerprint density at radius 3 is 1.84 bits per heavy atom. The van der Waals surface area contributed by atoms with E-state index in [1.54, 1.807) is 0 Å². The summed E-state index contributed by atoms with van der Waals surface area (Å²) in [6.07, 6.45) is 1.95. The van der Waals surface area contributed by atoms with Gasteiger partial charge in [0.25, 0.3) is 0 Å². The molecule has 1 saturated heterocycles. The molecule has 1 heterocycles. The van der Waals surface area contributed by atoms with Crippen LogP contribution in [0.4, 0.5) is 0 Å². The summed E-state index contributed by atoms with van der Waals surface area (Å²) >= 11 is 0. The molecule has 5 heteroatoms. The number of hydrogen-bond donors (Lipinski definition) is 2. The van der Waals surface area contributed by atoms with Crippen LogP contribution in [0.3, 0.4) is 0 Å². The van der Waals surface area contributed by atoms with Crippen molar-refractivity contribution in [1.29, 1.82) is 0 Å². The molecular weight excluding hydrogens is 332 g/mol. The zero-order valence-electron chi connectivity index (χ0n) is 17.9. The quantitative estimate of drug-likeness (QED) is 0.657. The van der Waals surface area contributed by atoms with Crippen LogP contribution in [-0.4, -0.2) is 43.2 Å². The van der Waals surface area contributed by atoms with Crippen LogP contribution in [0.15, 0.2) is 0 Å². The van der Waals surface area contributed by atoms with Crippen molar-refractivity contribution in [3.05, 3.63) is 0 Å². The molecule has 1 aliphatic heterocycles. The lowest BCUT2D eigenvalue weighted by Gasteiger charge is -2.55. The van der Waals surface area contributed by atoms with Gasteiger partial charge in [0.2, 0.25) is 0 Å². The minimum absolute atomic E-state index is 0.00169. The van der Waals surface area contributed by atoms with Crippen LogP contribution in [0.5, 0.6) is 0 Å². The fourth-order valence-electron chi connectivity index (χ4n) is 4.06. The van der Waals surface area contributed by atoms with E-state index in [-0.39, 0.29) is 28.2 Å². The first kappa shape index (κ1) is 23.1. The molecule has 0 amide bonds. The Morgan fingerprint density at radius 2 is 1.44 bits per heavy atom. The molecule has 1 fully saturated rings. The first-order valence-electron chi connectivity index (χ1n) is 9.95. The van der Waals surface area contributed by atoms with Gasteiger partial charge in [-0.1, -0.05) is 62.3 Å². The maximum atomic E-state index is 10.5. The third-order valence-corrected chi connectivity index (χ3v) is 10.7. The normalized spacial score (nSPS) is 27.4. The second kappa shape index (κ2) is 8.38. The number of rotatable bonds is 6. The highest BCUT2D eigenvalue weighted by molar-refractivity contribution is 6.73. The number of aliphatic hydroxyl groups is 2. The Kier molecular flexibility index (Phi) is 7.75. The summed E-state index contributed by atoms with van der Waals surface area (Å²) in [7, 11) is -2.54. The lowest BCUT2D eigenvalue weighted by Crippen LogP contribution is -2.63. The average molecular weight is 375 g/mol. The van der Waals surface area contributed by atoms with Crippen molar-refractivity contribution in [1.82, 2.24) is 0 Å². The van der Waals surface area contributed by atoms with Gasteiger partial charge in [0.1, 0.15) is 0 Å². The molecule has 0 aromatic rings. The van der Waals surface area contributed by atoms with E-state index >= 15 is 0 Å². The van der Waals surface area contributed by atoms with Crippen LogP contribution in [0.25, 0.3) is 0 Å². The molecule has 4 nitrogen and oxygen atoms in total. The van der Waals surface area contributed by atoms with Gasteiger partial charge in [-0.3, -0.25) is 0 Å². The molecule has 150 valence electrons. The molecule has 25 heavy (non-hydrogen) atoms. The monoisotopic (exact) mass is 374 g/mol. The van der Waals surface area contributed by atoms with E-state index in [9.17, 15) is 10.2 Å². The van der Waals surface area contributed by atoms with Crippen molar-refractivity contribution in [2.24, 2.45) is 5.92 Å². The van der Waals surface area contributed by atoms with Crippen LogP contribution in [0.1, 0.15) is 88.0 Å². The summed E-state index contributed by atoms with van der Waals surface area (Å²) in [6.45, 7) is 19.4. The lowest BCUT2D eigenvalue weighted by molar-refractivity contribution is -0.0487. The predicted octanol–water partition coefficient (Wildman–Crippen LogP) is 4.77. The van der Waals surface area contributed by atoms with Crippen molar-refractivity contribution < 1.29 is 19.1 Å². The largest absolute Gasteiger partial charge is 0.393 e. The molecule has 0 spiro atoms. The maximum absolute atomic E-state index is 10.5. The van der Waals surface area contributed by atoms with E-state index in [1.807, 2.05) is 13.8 Å². The Morgan fingerprint density at radius 1 is 0.960 bits per heavy atom. The molecule has 0 saturated carbocycles. The standard InChI is InChI=1S/C20H42O4Si/c1-10-16-13-17(11-15(21)12-18(22)14(2)3)24-25(23-16,19(4,5)6)20(7,8)9/h14-18,21-22H,10-13H2,1-9H3/t15-,16+,17+,18+/m0/s1. The minimum atomic E-state index is -2.54. The van der Waals surface area contributed by atoms with E-state index in [4.69, 9.17) is 8.85 Å². The Hall–Kier alpha value is 0.0569. The van der Waals surface area contributed by atoms with Crippen LogP contribution >= 0.6 is 0 Å². The van der Waals surface area contributed by atoms with Gasteiger partial charge in [-0.25, -0.2) is 0 Å². The maximum Gasteiger partial charge on any atom is 0.349 e. The van der Waals surface area contributed by atoms with E-state index in [1.165, 1.54) is 0 Å². The smallest absolute Gasteiger partial charge is 0.349 e. The summed E-state index contributed by atoms with van der Waals surface area (Å²) in [4.78, 5) is 0. The lowest BCUT2D eigenvalue weighted by atomic mass is 9.96. The predicted molar refractivity (Wildman–Crippen MR) is 106 cm³/mol. The van der Waals surface area contributed by atoms with Crippen LogP contribution in [-0.2, 0) is 8.85 Å². The topological polar surface area (TPSA) is 58.9 Å². The minimum Gasteiger partial charge on any atom is -0.393 e. The zero-order chi connectivity index (χ0) is 19.6. The average Bonchev–Trinajstić information content (AvgIpc) is 2.43. The van der Waals surface area contributed by atoms with Gasteiger partial charge in [-0.05, 0) is 31.6 Å². The zero-order valence-corrected chi connectivity index (χ0v) is 18.9. The van der Waals surface area contributed by atoms with E-state index in [0.717, 1.165) is 12.8 Å². The third kappa shape index (κ3) is 5.52. The summed E-state index contributed by atoms with van der Waals surface area (Å²) in [5, 5.41) is 20.4. The summed E-state index contributed by atoms with van der Waals surface area (Å²) in [5.74, 6) is 0.159. The Labute approximate surface area is 156 Å². The molecular formula is C20H42O4Si. The van der Waals surface area contributed by atoms with E-state index in [2.05, 4.69) is 48.5 Å². The van der Waals surface area contributed by atoms with Gasteiger partial charge in [-0.15, -0.1) is 0 Å². The molecule has 0 aromatic carbocycles. The van der Waals surface area contributed by atoms with Crippen LogP contribution in [0, 0.1) is 5.92 Å². The highest BCUT2D eigenvalue weighted by Crippen LogP contribution is 2.55. The fraction of sp³-hybridized carbons (Fsp3) is 1.00. The second-order valence-corrected chi connectivity index (χ2v) is 14.9. The molecule has 2 N–H and O–H groups in total. The first-order chi connectivity index (χ1) is 11.2. The molecule has 1 aliphatic rings. The summed E-state index contributed by atoms with van der Waals surface area (Å²) in [5.41, 5.74) is 0. The molecule has 4 atom stereocenters. The van der Waals surface area contributed by atoms with Gasteiger partial charge in [0.05, 0.1) is 18.3 Å². The number of hydrogen-bond acceptors (Lipinski definition) is 4. The second-order valence-electron chi connectivity index (χ2n) is 10.2. The molecule has 0 radical (unpaired) electrons. The SMILES string of the molecule is CC[C@@H]1C[C@@H](C[C@H](O)C[C@@H](O)C(C)C)O[Si](C(C)(C)C)(C(C)(C)C)O1. The van der Waals surface area contributed by atoms with Crippen molar-refractivity contribution in [3.8, 4) is 0 Å². The van der Waals surface area contributed by atoms with Crippen molar-refractivity contribution in [2.75, 3.05) is 0 Å². The van der Waals surface area contributed by atoms with Gasteiger partial charge in [-0.2, -0.15) is 0 Å². The van der Waals surface area contributed by atoms with Gasteiger partial charge in [0.15, 0.2) is 0 Å². The third-order valence-electron chi connectivity index (χ3n) is 5.44. The molecule has 0 aromatic heterocycles. The van der Waals surface area contributed by atoms with Gasteiger partial charge >= 0.3 is 8.56 Å². The molecule has 0 bridgehead atoms. The molecule has 1 rings (SSSR count). The van der Waals surface area contributed by atoms with Crippen molar-refractivity contribution in [3.63, 3.8) is 0 Å². The summed E-state index contributed by atoms with van der Waals surface area (Å²) in [6, 6.07) is 0. The summed E-state index contributed by atoms with van der Waals surface area (Å²) < 4.78 is 13.4. The molecule has 0 aliphatic carbocycles. The Balaban J connectivity index is 2.98. The number of aliphatic hydroxyl groups excluding tert-OH is 2. The van der Waals surface area contributed by atoms with E-state index in [0.29, 0.717) is 12.8 Å². The van der Waals surface area contributed by atoms with Crippen molar-refractivity contribution in [2.45, 2.75) is 122 Å².